The Morgan fingerprint density at radius 3 is 2.96 bits per heavy atom. The molecule has 118 valence electrons. The second kappa shape index (κ2) is 5.58. The first kappa shape index (κ1) is 14.1. The van der Waals surface area contributed by atoms with Crippen LogP contribution >= 0.6 is 0 Å². The van der Waals surface area contributed by atoms with E-state index in [0.29, 0.717) is 18.2 Å². The molecule has 0 radical (unpaired) electrons. The first-order chi connectivity index (χ1) is 11.2. The van der Waals surface area contributed by atoms with Crippen LogP contribution in [0.2, 0.25) is 0 Å². The predicted molar refractivity (Wildman–Crippen MR) is 85.1 cm³/mol. The quantitative estimate of drug-likeness (QED) is 0.762. The van der Waals surface area contributed by atoms with Crippen LogP contribution in [0.25, 0.3) is 5.78 Å². The lowest BCUT2D eigenvalue weighted by atomic mass is 9.80. The van der Waals surface area contributed by atoms with Crippen molar-refractivity contribution < 1.29 is 5.11 Å². The smallest absolute Gasteiger partial charge is 0.233 e. The highest BCUT2D eigenvalue weighted by Crippen LogP contribution is 2.36. The summed E-state index contributed by atoms with van der Waals surface area (Å²) >= 11 is 0. The third-order valence-corrected chi connectivity index (χ3v) is 4.13. The molecule has 23 heavy (non-hydrogen) atoms. The van der Waals surface area contributed by atoms with Gasteiger partial charge in [-0.1, -0.05) is 0 Å². The van der Waals surface area contributed by atoms with Crippen LogP contribution in [0.15, 0.2) is 30.7 Å². The molecular weight excluding hydrogens is 292 g/mol. The van der Waals surface area contributed by atoms with E-state index in [0.717, 1.165) is 35.9 Å². The maximum Gasteiger partial charge on any atom is 0.233 e. The SMILES string of the molecule is Cc1nc(NCc2cn3cccnc3n2)cc(C2CC(O)C2)n1. The summed E-state index contributed by atoms with van der Waals surface area (Å²) in [6.45, 7) is 2.46. The molecule has 0 bridgehead atoms. The van der Waals surface area contributed by atoms with Crippen LogP contribution in [0.5, 0.6) is 0 Å². The van der Waals surface area contributed by atoms with Crippen LogP contribution in [0.3, 0.4) is 0 Å². The number of hydrogen-bond acceptors (Lipinski definition) is 6. The summed E-state index contributed by atoms with van der Waals surface area (Å²) in [5.74, 6) is 2.56. The number of aliphatic hydroxyl groups is 1. The average molecular weight is 310 g/mol. The van der Waals surface area contributed by atoms with Gasteiger partial charge in [0.05, 0.1) is 18.3 Å². The Hall–Kier alpha value is -2.54. The molecule has 4 rings (SSSR count). The maximum atomic E-state index is 9.46. The number of anilines is 1. The molecule has 0 amide bonds. The molecule has 1 aliphatic carbocycles. The van der Waals surface area contributed by atoms with Gasteiger partial charge in [-0.3, -0.25) is 4.40 Å². The fraction of sp³-hybridized carbons (Fsp3) is 0.375. The maximum absolute atomic E-state index is 9.46. The zero-order chi connectivity index (χ0) is 15.8. The van der Waals surface area contributed by atoms with Gasteiger partial charge in [-0.15, -0.1) is 0 Å². The predicted octanol–water partition coefficient (Wildman–Crippen LogP) is 1.68. The molecule has 2 N–H and O–H groups in total. The second-order valence-corrected chi connectivity index (χ2v) is 5.96. The van der Waals surface area contributed by atoms with Crippen molar-refractivity contribution in [2.24, 2.45) is 0 Å². The van der Waals surface area contributed by atoms with Crippen LogP contribution in [0.4, 0.5) is 5.82 Å². The van der Waals surface area contributed by atoms with Crippen molar-refractivity contribution >= 4 is 11.6 Å². The minimum Gasteiger partial charge on any atom is -0.393 e. The summed E-state index contributed by atoms with van der Waals surface area (Å²) in [5.41, 5.74) is 1.91. The summed E-state index contributed by atoms with van der Waals surface area (Å²) in [6, 6.07) is 3.84. The molecule has 0 aromatic carbocycles. The van der Waals surface area contributed by atoms with Crippen LogP contribution in [-0.4, -0.2) is 35.5 Å². The van der Waals surface area contributed by atoms with Crippen LogP contribution in [0.1, 0.15) is 36.0 Å². The van der Waals surface area contributed by atoms with E-state index in [1.165, 1.54) is 0 Å². The second-order valence-electron chi connectivity index (χ2n) is 5.96. The van der Waals surface area contributed by atoms with Crippen molar-refractivity contribution in [3.63, 3.8) is 0 Å². The van der Waals surface area contributed by atoms with Gasteiger partial charge in [0.2, 0.25) is 5.78 Å². The molecule has 0 spiro atoms. The zero-order valence-corrected chi connectivity index (χ0v) is 12.8. The summed E-state index contributed by atoms with van der Waals surface area (Å²) in [4.78, 5) is 17.6. The zero-order valence-electron chi connectivity index (χ0n) is 12.8. The van der Waals surface area contributed by atoms with Crippen LogP contribution < -0.4 is 5.32 Å². The van der Waals surface area contributed by atoms with Crippen molar-refractivity contribution in [1.82, 2.24) is 24.3 Å². The van der Waals surface area contributed by atoms with Crippen molar-refractivity contribution in [2.45, 2.75) is 38.3 Å². The molecule has 3 aromatic rings. The molecule has 0 aliphatic heterocycles. The summed E-state index contributed by atoms with van der Waals surface area (Å²) in [6.07, 6.45) is 6.99. The fourth-order valence-corrected chi connectivity index (χ4v) is 2.87. The van der Waals surface area contributed by atoms with Gasteiger partial charge in [0, 0.05) is 36.3 Å². The van der Waals surface area contributed by atoms with Crippen LogP contribution in [-0.2, 0) is 6.54 Å². The number of nitrogens with one attached hydrogen (secondary N) is 1. The van der Waals surface area contributed by atoms with Gasteiger partial charge in [0.1, 0.15) is 11.6 Å². The number of imidazole rings is 1. The van der Waals surface area contributed by atoms with E-state index >= 15 is 0 Å². The van der Waals surface area contributed by atoms with E-state index < -0.39 is 0 Å². The van der Waals surface area contributed by atoms with E-state index in [9.17, 15) is 5.11 Å². The molecule has 0 unspecified atom stereocenters. The van der Waals surface area contributed by atoms with Crippen molar-refractivity contribution in [3.05, 3.63) is 47.9 Å². The van der Waals surface area contributed by atoms with Gasteiger partial charge < -0.3 is 10.4 Å². The van der Waals surface area contributed by atoms with Gasteiger partial charge in [0.25, 0.3) is 0 Å². The first-order valence-corrected chi connectivity index (χ1v) is 7.73. The summed E-state index contributed by atoms with van der Waals surface area (Å²) < 4.78 is 1.89. The number of fused-ring (bicyclic) bond motifs is 1. The van der Waals surface area contributed by atoms with Gasteiger partial charge in [-0.05, 0) is 25.8 Å². The fourth-order valence-electron chi connectivity index (χ4n) is 2.87. The van der Waals surface area contributed by atoms with Crippen LogP contribution in [0, 0.1) is 6.92 Å². The highest BCUT2D eigenvalue weighted by molar-refractivity contribution is 5.39. The normalized spacial score (nSPS) is 20.4. The lowest BCUT2D eigenvalue weighted by molar-refractivity contribution is 0.0731. The Kier molecular flexibility index (Phi) is 3.42. The molecular formula is C16H18N6O. The third kappa shape index (κ3) is 2.87. The number of aryl methyl sites for hydroxylation is 1. The average Bonchev–Trinajstić information content (AvgIpc) is 2.92. The summed E-state index contributed by atoms with van der Waals surface area (Å²) in [7, 11) is 0. The number of hydrogen-bond donors (Lipinski definition) is 2. The summed E-state index contributed by atoms with van der Waals surface area (Å²) in [5, 5.41) is 12.8. The van der Waals surface area contributed by atoms with Crippen molar-refractivity contribution in [2.75, 3.05) is 5.32 Å². The molecule has 0 atom stereocenters. The lowest BCUT2D eigenvalue weighted by Gasteiger charge is -2.31. The standard InChI is InChI=1S/C16H18N6O/c1-10-19-14(11-5-13(23)6-11)7-15(20-10)18-8-12-9-22-4-2-3-17-16(22)21-12/h2-4,7,9,11,13,23H,5-6,8H2,1H3,(H,18,19,20). The Morgan fingerprint density at radius 1 is 1.30 bits per heavy atom. The van der Waals surface area contributed by atoms with Gasteiger partial charge in [0.15, 0.2) is 0 Å². The topological polar surface area (TPSA) is 88.2 Å². The minimum atomic E-state index is -0.183. The minimum absolute atomic E-state index is 0.183. The molecule has 1 aliphatic rings. The molecule has 3 heterocycles. The van der Waals surface area contributed by atoms with E-state index in [-0.39, 0.29) is 6.10 Å². The van der Waals surface area contributed by atoms with E-state index in [2.05, 4.69) is 25.3 Å². The highest BCUT2D eigenvalue weighted by Gasteiger charge is 2.30. The van der Waals surface area contributed by atoms with Crippen molar-refractivity contribution in [1.29, 1.82) is 0 Å². The van der Waals surface area contributed by atoms with E-state index in [4.69, 9.17) is 0 Å². The Balaban J connectivity index is 1.49. The Labute approximate surface area is 133 Å². The number of aromatic nitrogens is 5. The largest absolute Gasteiger partial charge is 0.393 e. The lowest BCUT2D eigenvalue weighted by Crippen LogP contribution is -2.27. The van der Waals surface area contributed by atoms with E-state index in [1.807, 2.05) is 35.9 Å². The highest BCUT2D eigenvalue weighted by atomic mass is 16.3. The molecule has 1 saturated carbocycles. The number of rotatable bonds is 4. The molecule has 0 saturated heterocycles. The number of aliphatic hydroxyl groups excluding tert-OH is 1. The Bertz CT molecular complexity index is 806. The van der Waals surface area contributed by atoms with Crippen molar-refractivity contribution in [3.8, 4) is 0 Å². The first-order valence-electron chi connectivity index (χ1n) is 7.73. The van der Waals surface area contributed by atoms with Gasteiger partial charge >= 0.3 is 0 Å². The third-order valence-electron chi connectivity index (χ3n) is 4.13. The molecule has 3 aromatic heterocycles. The monoisotopic (exact) mass is 310 g/mol. The van der Waals surface area contributed by atoms with Gasteiger partial charge in [-0.25, -0.2) is 19.9 Å². The molecule has 7 nitrogen and oxygen atoms in total. The Morgan fingerprint density at radius 2 is 2.17 bits per heavy atom. The van der Waals surface area contributed by atoms with E-state index in [1.54, 1.807) is 6.20 Å². The van der Waals surface area contributed by atoms with Gasteiger partial charge in [-0.2, -0.15) is 0 Å². The molecule has 7 heteroatoms. The number of nitrogens with zero attached hydrogens (tertiary/aromatic N) is 5. The molecule has 1 fully saturated rings.